The first-order valence-electron chi connectivity index (χ1n) is 6.91. The molecular formula is C17H20BrNO2. The van der Waals surface area contributed by atoms with Crippen LogP contribution < -0.4 is 10.1 Å². The summed E-state index contributed by atoms with van der Waals surface area (Å²) in [6.45, 7) is 4.52. The summed E-state index contributed by atoms with van der Waals surface area (Å²) in [5.74, 6) is 1.69. The van der Waals surface area contributed by atoms with Gasteiger partial charge < -0.3 is 14.8 Å². The van der Waals surface area contributed by atoms with Crippen LogP contribution in [0.3, 0.4) is 0 Å². The Bertz CT molecular complexity index is 570. The number of hydrogen-bond acceptors (Lipinski definition) is 3. The highest BCUT2D eigenvalue weighted by molar-refractivity contribution is 9.10. The van der Waals surface area contributed by atoms with Gasteiger partial charge in [0.2, 0.25) is 0 Å². The van der Waals surface area contributed by atoms with Crippen molar-refractivity contribution in [3.05, 3.63) is 58.1 Å². The van der Waals surface area contributed by atoms with Gasteiger partial charge in [0.15, 0.2) is 0 Å². The first kappa shape index (κ1) is 16.0. The van der Waals surface area contributed by atoms with Gasteiger partial charge in [-0.1, -0.05) is 22.0 Å². The van der Waals surface area contributed by atoms with Gasteiger partial charge in [0.05, 0.1) is 6.61 Å². The lowest BCUT2D eigenvalue weighted by Crippen LogP contribution is -2.19. The lowest BCUT2D eigenvalue weighted by Gasteiger charge is -2.11. The molecule has 0 amide bonds. The second-order valence-electron chi connectivity index (χ2n) is 4.81. The van der Waals surface area contributed by atoms with Crippen LogP contribution in [0.15, 0.2) is 46.9 Å². The lowest BCUT2D eigenvalue weighted by molar-refractivity contribution is 0.199. The van der Waals surface area contributed by atoms with Gasteiger partial charge in [0.1, 0.15) is 11.5 Å². The van der Waals surface area contributed by atoms with Crippen LogP contribution in [0.25, 0.3) is 0 Å². The third kappa shape index (κ3) is 5.16. The van der Waals surface area contributed by atoms with Crippen molar-refractivity contribution in [3.8, 4) is 11.5 Å². The molecule has 0 saturated carbocycles. The van der Waals surface area contributed by atoms with Gasteiger partial charge in [-0.2, -0.15) is 0 Å². The zero-order valence-corrected chi connectivity index (χ0v) is 13.9. The SMILES string of the molecule is COCCNCc1ccc(Oc2ccc(Br)cc2)cc1C. The first-order valence-corrected chi connectivity index (χ1v) is 7.71. The molecule has 3 nitrogen and oxygen atoms in total. The molecule has 0 aliphatic heterocycles. The number of halogens is 1. The van der Waals surface area contributed by atoms with E-state index in [0.29, 0.717) is 0 Å². The minimum atomic E-state index is 0.726. The zero-order chi connectivity index (χ0) is 15.1. The maximum Gasteiger partial charge on any atom is 0.127 e. The summed E-state index contributed by atoms with van der Waals surface area (Å²) in [4.78, 5) is 0. The highest BCUT2D eigenvalue weighted by Crippen LogP contribution is 2.25. The van der Waals surface area contributed by atoms with Gasteiger partial charge in [-0.05, 0) is 54.4 Å². The summed E-state index contributed by atoms with van der Waals surface area (Å²) >= 11 is 3.42. The fraction of sp³-hybridized carbons (Fsp3) is 0.294. The van der Waals surface area contributed by atoms with Crippen LogP contribution in [-0.2, 0) is 11.3 Å². The normalized spacial score (nSPS) is 10.6. The fourth-order valence-corrected chi connectivity index (χ4v) is 2.23. The van der Waals surface area contributed by atoms with Gasteiger partial charge in [-0.3, -0.25) is 0 Å². The Hall–Kier alpha value is -1.36. The Morgan fingerprint density at radius 2 is 1.76 bits per heavy atom. The van der Waals surface area contributed by atoms with Crippen molar-refractivity contribution < 1.29 is 9.47 Å². The number of ether oxygens (including phenoxy) is 2. The largest absolute Gasteiger partial charge is 0.457 e. The molecule has 2 rings (SSSR count). The van der Waals surface area contributed by atoms with Crippen LogP contribution in [0, 0.1) is 6.92 Å². The minimum Gasteiger partial charge on any atom is -0.457 e. The standard InChI is InChI=1S/C17H20BrNO2/c1-13-11-17(21-16-7-4-15(18)5-8-16)6-3-14(13)12-19-9-10-20-2/h3-8,11,19H,9-10,12H2,1-2H3. The molecule has 1 N–H and O–H groups in total. The minimum absolute atomic E-state index is 0.726. The van der Waals surface area contributed by atoms with Crippen LogP contribution in [0.5, 0.6) is 11.5 Å². The molecule has 0 aliphatic rings. The van der Waals surface area contributed by atoms with Crippen molar-refractivity contribution in [2.24, 2.45) is 0 Å². The summed E-state index contributed by atoms with van der Waals surface area (Å²) < 4.78 is 11.9. The second-order valence-corrected chi connectivity index (χ2v) is 5.73. The second kappa shape index (κ2) is 8.17. The third-order valence-electron chi connectivity index (χ3n) is 3.16. The Morgan fingerprint density at radius 3 is 2.43 bits per heavy atom. The summed E-state index contributed by atoms with van der Waals surface area (Å²) in [5.41, 5.74) is 2.49. The molecule has 0 radical (unpaired) electrons. The predicted molar refractivity (Wildman–Crippen MR) is 89.0 cm³/mol. The highest BCUT2D eigenvalue weighted by Gasteiger charge is 2.02. The smallest absolute Gasteiger partial charge is 0.127 e. The fourth-order valence-electron chi connectivity index (χ4n) is 1.97. The molecular weight excluding hydrogens is 330 g/mol. The maximum atomic E-state index is 5.85. The molecule has 2 aromatic rings. The Labute approximate surface area is 134 Å². The number of methoxy groups -OCH3 is 1. The monoisotopic (exact) mass is 349 g/mol. The van der Waals surface area contributed by atoms with Crippen LogP contribution in [0.4, 0.5) is 0 Å². The average molecular weight is 350 g/mol. The molecule has 0 bridgehead atoms. The molecule has 0 fully saturated rings. The average Bonchev–Trinajstić information content (AvgIpc) is 2.48. The highest BCUT2D eigenvalue weighted by atomic mass is 79.9. The van der Waals surface area contributed by atoms with E-state index in [0.717, 1.165) is 35.7 Å². The van der Waals surface area contributed by atoms with Crippen LogP contribution in [0.2, 0.25) is 0 Å². The van der Waals surface area contributed by atoms with Crippen LogP contribution in [-0.4, -0.2) is 20.3 Å². The predicted octanol–water partition coefficient (Wildman–Crippen LogP) is 4.29. The molecule has 2 aromatic carbocycles. The van der Waals surface area contributed by atoms with Gasteiger partial charge in [-0.25, -0.2) is 0 Å². The number of hydrogen-bond donors (Lipinski definition) is 1. The lowest BCUT2D eigenvalue weighted by atomic mass is 10.1. The van der Waals surface area contributed by atoms with Gasteiger partial charge in [0.25, 0.3) is 0 Å². The molecule has 0 unspecified atom stereocenters. The molecule has 0 aliphatic carbocycles. The van der Waals surface area contributed by atoms with Crippen LogP contribution in [0.1, 0.15) is 11.1 Å². The van der Waals surface area contributed by atoms with E-state index in [1.54, 1.807) is 7.11 Å². The molecule has 0 spiro atoms. The Kier molecular flexibility index (Phi) is 6.23. The molecule has 21 heavy (non-hydrogen) atoms. The van der Waals surface area contributed by atoms with Crippen molar-refractivity contribution in [2.45, 2.75) is 13.5 Å². The summed E-state index contributed by atoms with van der Waals surface area (Å²) in [5, 5.41) is 3.35. The number of benzene rings is 2. The topological polar surface area (TPSA) is 30.5 Å². The number of aryl methyl sites for hydroxylation is 1. The summed E-state index contributed by atoms with van der Waals surface area (Å²) in [6, 6.07) is 14.0. The van der Waals surface area contributed by atoms with E-state index in [1.807, 2.05) is 30.3 Å². The summed E-state index contributed by atoms with van der Waals surface area (Å²) in [6.07, 6.45) is 0. The quantitative estimate of drug-likeness (QED) is 0.756. The van der Waals surface area contributed by atoms with E-state index < -0.39 is 0 Å². The van der Waals surface area contributed by atoms with Crippen LogP contribution >= 0.6 is 15.9 Å². The van der Waals surface area contributed by atoms with Crippen molar-refractivity contribution in [2.75, 3.05) is 20.3 Å². The van der Waals surface area contributed by atoms with Gasteiger partial charge in [0, 0.05) is 24.7 Å². The van der Waals surface area contributed by atoms with Crippen molar-refractivity contribution in [1.82, 2.24) is 5.32 Å². The Morgan fingerprint density at radius 1 is 1.05 bits per heavy atom. The van der Waals surface area contributed by atoms with Crippen molar-refractivity contribution in [3.63, 3.8) is 0 Å². The number of nitrogens with one attached hydrogen (secondary N) is 1. The Balaban J connectivity index is 1.96. The van der Waals surface area contributed by atoms with Gasteiger partial charge in [-0.15, -0.1) is 0 Å². The molecule has 4 heteroatoms. The number of rotatable bonds is 7. The van der Waals surface area contributed by atoms with E-state index in [1.165, 1.54) is 11.1 Å². The molecule has 0 heterocycles. The zero-order valence-electron chi connectivity index (χ0n) is 12.4. The van der Waals surface area contributed by atoms with Crippen molar-refractivity contribution >= 4 is 15.9 Å². The van der Waals surface area contributed by atoms with E-state index >= 15 is 0 Å². The van der Waals surface area contributed by atoms with E-state index in [9.17, 15) is 0 Å². The van der Waals surface area contributed by atoms with Gasteiger partial charge >= 0.3 is 0 Å². The molecule has 0 atom stereocenters. The molecule has 0 aromatic heterocycles. The third-order valence-corrected chi connectivity index (χ3v) is 3.69. The first-order chi connectivity index (χ1) is 10.2. The maximum absolute atomic E-state index is 5.85. The van der Waals surface area contributed by atoms with Crippen molar-refractivity contribution in [1.29, 1.82) is 0 Å². The van der Waals surface area contributed by atoms with E-state index in [-0.39, 0.29) is 0 Å². The summed E-state index contributed by atoms with van der Waals surface area (Å²) in [7, 11) is 1.71. The van der Waals surface area contributed by atoms with E-state index in [4.69, 9.17) is 9.47 Å². The van der Waals surface area contributed by atoms with E-state index in [2.05, 4.69) is 40.3 Å². The molecule has 112 valence electrons. The molecule has 0 saturated heterocycles.